The number of hydrogen-bond acceptors (Lipinski definition) is 6. The summed E-state index contributed by atoms with van der Waals surface area (Å²) < 4.78 is 10.7. The number of ether oxygens (including phenoxy) is 2. The minimum absolute atomic E-state index is 0.000473. The van der Waals surface area contributed by atoms with Crippen molar-refractivity contribution < 1.29 is 28.7 Å². The lowest BCUT2D eigenvalue weighted by Gasteiger charge is -2.35. The summed E-state index contributed by atoms with van der Waals surface area (Å²) in [4.78, 5) is 55.3. The van der Waals surface area contributed by atoms with E-state index in [1.54, 1.807) is 0 Å². The maximum Gasteiger partial charge on any atom is 0.335 e. The maximum atomic E-state index is 14.2. The summed E-state index contributed by atoms with van der Waals surface area (Å²) in [7, 11) is 2.40. The van der Waals surface area contributed by atoms with Crippen LogP contribution >= 0.6 is 6.89 Å². The van der Waals surface area contributed by atoms with Crippen molar-refractivity contribution in [2.24, 2.45) is 11.8 Å². The predicted octanol–water partition coefficient (Wildman–Crippen LogP) is 3.64. The zero-order valence-corrected chi connectivity index (χ0v) is 25.2. The molecule has 4 aromatic rings. The molecule has 0 aliphatic carbocycles. The Kier molecular flexibility index (Phi) is 10.5. The minimum atomic E-state index is -3.26. The molecule has 0 fully saturated rings. The first-order chi connectivity index (χ1) is 20.9. The van der Waals surface area contributed by atoms with Crippen molar-refractivity contribution in [2.75, 3.05) is 14.2 Å². The van der Waals surface area contributed by atoms with E-state index in [1.165, 1.54) is 21.1 Å². The van der Waals surface area contributed by atoms with Crippen molar-refractivity contribution in [2.45, 2.75) is 13.5 Å². The number of hydrogen-bond donors (Lipinski definition) is 1. The van der Waals surface area contributed by atoms with Crippen LogP contribution in [0.1, 0.15) is 12.5 Å². The van der Waals surface area contributed by atoms with E-state index in [2.05, 4.69) is 5.32 Å². The molecule has 0 spiro atoms. The molecule has 4 aromatic carbocycles. The number of nitrogens with one attached hydrogen (secondary N) is 1. The molecule has 220 valence electrons. The van der Waals surface area contributed by atoms with E-state index >= 15 is 0 Å². The van der Waals surface area contributed by atoms with Crippen molar-refractivity contribution in [1.82, 2.24) is 5.32 Å². The molecular weight excluding hydrogens is 561 g/mol. The molecule has 0 aliphatic rings. The zero-order valence-electron chi connectivity index (χ0n) is 24.3. The van der Waals surface area contributed by atoms with Gasteiger partial charge in [0.1, 0.15) is 17.6 Å². The topological polar surface area (TPSA) is 98.8 Å². The third-order valence-corrected chi connectivity index (χ3v) is 11.7. The highest BCUT2D eigenvalue weighted by atomic mass is 31.2. The summed E-state index contributed by atoms with van der Waals surface area (Å²) in [6.07, 6.45) is 0. The van der Waals surface area contributed by atoms with Gasteiger partial charge in [-0.1, -0.05) is 121 Å². The van der Waals surface area contributed by atoms with Crippen LogP contribution in [0.15, 0.2) is 121 Å². The lowest BCUT2D eigenvalue weighted by Crippen LogP contribution is -2.49. The van der Waals surface area contributed by atoms with Gasteiger partial charge < -0.3 is 14.8 Å². The number of methoxy groups -OCH3 is 2. The van der Waals surface area contributed by atoms with Crippen LogP contribution in [0.2, 0.25) is 0 Å². The molecule has 0 saturated heterocycles. The highest BCUT2D eigenvalue weighted by molar-refractivity contribution is 7.96. The molecule has 4 rings (SSSR count). The second kappa shape index (κ2) is 14.4. The van der Waals surface area contributed by atoms with Gasteiger partial charge in [0.05, 0.1) is 19.5 Å². The fourth-order valence-electron chi connectivity index (χ4n) is 5.39. The monoisotopic (exact) mass is 595 g/mol. The molecule has 0 radical (unpaired) electrons. The van der Waals surface area contributed by atoms with Gasteiger partial charge in [-0.3, -0.25) is 14.4 Å². The van der Waals surface area contributed by atoms with E-state index in [4.69, 9.17) is 9.47 Å². The van der Waals surface area contributed by atoms with Crippen LogP contribution in [0.25, 0.3) is 0 Å². The van der Waals surface area contributed by atoms with Crippen LogP contribution in [0, 0.1) is 11.8 Å². The first-order valence-corrected chi connectivity index (χ1v) is 15.6. The number of carbonyl (C=O) groups excluding carboxylic acids is 4. The van der Waals surface area contributed by atoms with Gasteiger partial charge >= 0.3 is 11.9 Å². The highest BCUT2D eigenvalue weighted by Crippen LogP contribution is 2.49. The average molecular weight is 596 g/mol. The largest absolute Gasteiger partial charge is 0.469 e. The fourth-order valence-corrected chi connectivity index (χ4v) is 10.0. The number of benzene rings is 4. The van der Waals surface area contributed by atoms with Crippen LogP contribution < -0.4 is 21.2 Å². The van der Waals surface area contributed by atoms with E-state index in [0.29, 0.717) is 0 Å². The molecule has 0 aliphatic heterocycles. The van der Waals surface area contributed by atoms with Gasteiger partial charge in [-0.25, -0.2) is 4.79 Å². The third-order valence-electron chi connectivity index (χ3n) is 7.30. The molecule has 7 nitrogen and oxygen atoms in total. The van der Waals surface area contributed by atoms with E-state index in [9.17, 15) is 19.2 Å². The lowest BCUT2D eigenvalue weighted by atomic mass is 9.85. The Morgan fingerprint density at radius 3 is 1.42 bits per heavy atom. The normalized spacial score (nSPS) is 12.3. The van der Waals surface area contributed by atoms with Crippen LogP contribution in [0.3, 0.4) is 0 Å². The summed E-state index contributed by atoms with van der Waals surface area (Å²) in [5.41, 5.74) is 0.810. The Morgan fingerprint density at radius 2 is 1.05 bits per heavy atom. The Morgan fingerprint density at radius 1 is 0.628 bits per heavy atom. The molecule has 0 saturated carbocycles. The molecule has 1 amide bonds. The maximum absolute atomic E-state index is 14.2. The van der Waals surface area contributed by atoms with Crippen molar-refractivity contribution in [3.8, 4) is 0 Å². The predicted molar refractivity (Wildman–Crippen MR) is 170 cm³/mol. The summed E-state index contributed by atoms with van der Waals surface area (Å²) in [6, 6.07) is 37.3. The van der Waals surface area contributed by atoms with Crippen LogP contribution in [-0.4, -0.2) is 43.1 Å². The highest BCUT2D eigenvalue weighted by Gasteiger charge is 2.48. The van der Waals surface area contributed by atoms with Gasteiger partial charge in [-0.15, -0.1) is 0 Å². The molecule has 8 heteroatoms. The number of carbonyl (C=O) groups is 4. The molecule has 0 heterocycles. The number of ketones is 1. The molecule has 0 aromatic heterocycles. The molecule has 1 N–H and O–H groups in total. The summed E-state index contributed by atoms with van der Waals surface area (Å²) in [6.45, 7) is -1.89. The van der Waals surface area contributed by atoms with E-state index < -0.39 is 42.4 Å². The Bertz CT molecular complexity index is 1520. The SMILES string of the molecule is COC(=O)C([C@@H](C(=O)OC)[C@@H](C(C)=O)C(=O)NCc1ccccc1)=P(c1ccccc1)(c1ccccc1)c1ccccc1. The molecule has 2 atom stereocenters. The minimum Gasteiger partial charge on any atom is -0.469 e. The number of amides is 1. The molecule has 0 bridgehead atoms. The second-order valence-electron chi connectivity index (χ2n) is 9.85. The number of esters is 2. The molecule has 43 heavy (non-hydrogen) atoms. The zero-order chi connectivity index (χ0) is 30.8. The van der Waals surface area contributed by atoms with E-state index in [-0.39, 0.29) is 11.8 Å². The Labute approximate surface area is 251 Å². The van der Waals surface area contributed by atoms with Crippen molar-refractivity contribution in [3.63, 3.8) is 0 Å². The number of Topliss-reactive ketones (excluding diaryl/α,β-unsaturated/α-hetero) is 1. The smallest absolute Gasteiger partial charge is 0.335 e. The van der Waals surface area contributed by atoms with Gasteiger partial charge in [-0.05, 0) is 35.3 Å². The van der Waals surface area contributed by atoms with Crippen molar-refractivity contribution in [3.05, 3.63) is 127 Å². The Hall–Kier alpha value is -4.74. The summed E-state index contributed by atoms with van der Waals surface area (Å²) >= 11 is 0. The van der Waals surface area contributed by atoms with E-state index in [0.717, 1.165) is 21.5 Å². The van der Waals surface area contributed by atoms with Gasteiger partial charge in [0.25, 0.3) is 0 Å². The van der Waals surface area contributed by atoms with Gasteiger partial charge in [-0.2, -0.15) is 0 Å². The Balaban J connectivity index is 2.14. The van der Waals surface area contributed by atoms with Crippen LogP contribution in [-0.2, 0) is 35.2 Å². The molecule has 0 unspecified atom stereocenters. The van der Waals surface area contributed by atoms with Crippen molar-refractivity contribution in [1.29, 1.82) is 0 Å². The van der Waals surface area contributed by atoms with E-state index in [1.807, 2.05) is 121 Å². The fraction of sp³-hybridized carbons (Fsp3) is 0.171. The average Bonchev–Trinajstić information content (AvgIpc) is 3.06. The summed E-state index contributed by atoms with van der Waals surface area (Å²) in [5.74, 6) is -6.12. The van der Waals surface area contributed by atoms with Gasteiger partial charge in [0.15, 0.2) is 0 Å². The first-order valence-electron chi connectivity index (χ1n) is 13.8. The lowest BCUT2D eigenvalue weighted by molar-refractivity contribution is -0.151. The van der Waals surface area contributed by atoms with Crippen LogP contribution in [0.5, 0.6) is 0 Å². The quantitative estimate of drug-likeness (QED) is 0.162. The van der Waals surface area contributed by atoms with Crippen molar-refractivity contribution >= 4 is 51.7 Å². The molecular formula is C35H34NO6P. The standard InChI is InChI=1S/C35H34NO6P/c1-25(37)30(33(38)36-24-26-16-8-4-9-17-26)31(34(39)41-2)32(35(40)42-3)43(27-18-10-5-11-19-27,28-20-12-6-13-21-28)29-22-14-7-15-23-29/h4-23,30-31H,24H2,1-3H3,(H,36,38)/t30-,31+/m1/s1. The van der Waals surface area contributed by atoms with Crippen LogP contribution in [0.4, 0.5) is 0 Å². The summed E-state index contributed by atoms with van der Waals surface area (Å²) in [5, 5.41) is 5.03. The second-order valence-corrected chi connectivity index (χ2v) is 13.2. The third kappa shape index (κ3) is 6.52. The number of rotatable bonds is 11. The first kappa shape index (κ1) is 31.2. The van der Waals surface area contributed by atoms with Gasteiger partial charge in [0, 0.05) is 6.54 Å². The van der Waals surface area contributed by atoms with Gasteiger partial charge in [0.2, 0.25) is 5.91 Å².